The number of hydrogen-bond donors (Lipinski definition) is 2. The lowest BCUT2D eigenvalue weighted by Crippen LogP contribution is -2.38. The summed E-state index contributed by atoms with van der Waals surface area (Å²) in [4.78, 5) is 30.8. The summed E-state index contributed by atoms with van der Waals surface area (Å²) in [7, 11) is 0. The van der Waals surface area contributed by atoms with Crippen LogP contribution >= 0.6 is 0 Å². The van der Waals surface area contributed by atoms with Crippen LogP contribution in [0.2, 0.25) is 0 Å². The first-order valence-corrected chi connectivity index (χ1v) is 13.0. The molecule has 1 heterocycles. The van der Waals surface area contributed by atoms with Crippen molar-refractivity contribution in [2.24, 2.45) is 0 Å². The van der Waals surface area contributed by atoms with Gasteiger partial charge in [0, 0.05) is 11.4 Å². The number of phenolic OH excluding ortho intramolecular Hbond substituents is 1. The Hall–Kier alpha value is -3.67. The van der Waals surface area contributed by atoms with Gasteiger partial charge in [-0.2, -0.15) is 0 Å². The molecule has 1 aromatic heterocycles. The highest BCUT2D eigenvalue weighted by atomic mass is 16.5. The number of rotatable bonds is 5. The first kappa shape index (κ1) is 24.0. The molecule has 2 aliphatic rings. The molecular formula is C30H32N2O4. The maximum Gasteiger partial charge on any atom is 0.339 e. The number of aromatic nitrogens is 1. The van der Waals surface area contributed by atoms with Gasteiger partial charge in [0.15, 0.2) is 6.61 Å². The third-order valence-corrected chi connectivity index (χ3v) is 7.18. The molecule has 0 atom stereocenters. The Morgan fingerprint density at radius 3 is 2.47 bits per heavy atom. The molecule has 6 nitrogen and oxygen atoms in total. The van der Waals surface area contributed by atoms with Gasteiger partial charge in [-0.3, -0.25) is 4.79 Å². The average molecular weight is 485 g/mol. The number of esters is 1. The van der Waals surface area contributed by atoms with Crippen LogP contribution in [0.15, 0.2) is 48.5 Å². The van der Waals surface area contributed by atoms with E-state index in [1.165, 1.54) is 19.3 Å². The van der Waals surface area contributed by atoms with E-state index in [9.17, 15) is 14.7 Å². The Morgan fingerprint density at radius 2 is 1.69 bits per heavy atom. The molecule has 2 aromatic carbocycles. The van der Waals surface area contributed by atoms with Gasteiger partial charge in [-0.05, 0) is 66.7 Å². The number of carbonyl (C=O) groups is 2. The van der Waals surface area contributed by atoms with E-state index in [0.717, 1.165) is 65.4 Å². The lowest BCUT2D eigenvalue weighted by Gasteiger charge is -2.21. The van der Waals surface area contributed by atoms with Crippen LogP contribution in [0, 0.1) is 0 Å². The van der Waals surface area contributed by atoms with Crippen LogP contribution in [0.3, 0.4) is 0 Å². The monoisotopic (exact) mass is 484 g/mol. The highest BCUT2D eigenvalue weighted by molar-refractivity contribution is 6.07. The molecule has 3 aromatic rings. The van der Waals surface area contributed by atoms with Gasteiger partial charge in [0.1, 0.15) is 5.75 Å². The zero-order chi connectivity index (χ0) is 24.9. The molecule has 6 heteroatoms. The third-order valence-electron chi connectivity index (χ3n) is 7.18. The van der Waals surface area contributed by atoms with E-state index < -0.39 is 5.97 Å². The molecule has 0 saturated heterocycles. The molecule has 0 unspecified atom stereocenters. The molecule has 0 bridgehead atoms. The predicted octanol–water partition coefficient (Wildman–Crippen LogP) is 5.81. The molecule has 0 radical (unpaired) electrons. The van der Waals surface area contributed by atoms with Crippen molar-refractivity contribution in [2.45, 2.75) is 63.8 Å². The van der Waals surface area contributed by atoms with Gasteiger partial charge in [-0.15, -0.1) is 0 Å². The predicted molar refractivity (Wildman–Crippen MR) is 141 cm³/mol. The van der Waals surface area contributed by atoms with Crippen molar-refractivity contribution >= 4 is 34.4 Å². The van der Waals surface area contributed by atoms with Crippen LogP contribution in [0.4, 0.5) is 0 Å². The van der Waals surface area contributed by atoms with Crippen LogP contribution in [0.5, 0.6) is 5.75 Å². The van der Waals surface area contributed by atoms with Crippen molar-refractivity contribution in [1.29, 1.82) is 0 Å². The summed E-state index contributed by atoms with van der Waals surface area (Å²) >= 11 is 0. The molecule has 1 fully saturated rings. The maximum atomic E-state index is 13.3. The number of carbonyl (C=O) groups excluding carboxylic acids is 2. The van der Waals surface area contributed by atoms with Gasteiger partial charge in [-0.25, -0.2) is 9.78 Å². The smallest absolute Gasteiger partial charge is 0.339 e. The average Bonchev–Trinajstić information content (AvgIpc) is 3.26. The molecular weight excluding hydrogens is 452 g/mol. The molecule has 0 aliphatic heterocycles. The number of allylic oxidation sites excluding steroid dienone is 1. The van der Waals surface area contributed by atoms with Crippen molar-refractivity contribution in [1.82, 2.24) is 10.3 Å². The van der Waals surface area contributed by atoms with Gasteiger partial charge in [0.2, 0.25) is 0 Å². The summed E-state index contributed by atoms with van der Waals surface area (Å²) in [5.74, 6) is -0.503. The van der Waals surface area contributed by atoms with E-state index in [-0.39, 0.29) is 24.3 Å². The maximum absolute atomic E-state index is 13.3. The van der Waals surface area contributed by atoms with Gasteiger partial charge in [0.25, 0.3) is 5.91 Å². The van der Waals surface area contributed by atoms with Crippen LogP contribution in [-0.4, -0.2) is 34.6 Å². The van der Waals surface area contributed by atoms with Crippen LogP contribution < -0.4 is 5.32 Å². The highest BCUT2D eigenvalue weighted by Crippen LogP contribution is 2.38. The number of nitrogens with one attached hydrogen (secondary N) is 1. The molecule has 1 saturated carbocycles. The Labute approximate surface area is 211 Å². The van der Waals surface area contributed by atoms with E-state index in [4.69, 9.17) is 9.72 Å². The topological polar surface area (TPSA) is 88.5 Å². The van der Waals surface area contributed by atoms with Crippen molar-refractivity contribution in [3.05, 3.63) is 70.9 Å². The fraction of sp³-hybridized carbons (Fsp3) is 0.367. The first-order valence-electron chi connectivity index (χ1n) is 13.0. The number of para-hydroxylation sites is 1. The lowest BCUT2D eigenvalue weighted by molar-refractivity contribution is -0.125. The molecule has 36 heavy (non-hydrogen) atoms. The minimum absolute atomic E-state index is 0.162. The molecule has 1 amide bonds. The number of amides is 1. The lowest BCUT2D eigenvalue weighted by atomic mass is 9.97. The van der Waals surface area contributed by atoms with Crippen molar-refractivity contribution < 1.29 is 19.4 Å². The number of pyridine rings is 1. The molecule has 0 spiro atoms. The fourth-order valence-electron chi connectivity index (χ4n) is 5.36. The highest BCUT2D eigenvalue weighted by Gasteiger charge is 2.28. The SMILES string of the molecule is O=C(COC(=O)c1c2c(nc3ccccc13)C(=Cc1ccc(O)cc1)CC2)NC1CCCCCCC1. The number of benzene rings is 2. The summed E-state index contributed by atoms with van der Waals surface area (Å²) in [6.45, 7) is -0.281. The minimum Gasteiger partial charge on any atom is -0.508 e. The summed E-state index contributed by atoms with van der Waals surface area (Å²) in [5, 5.41) is 13.4. The minimum atomic E-state index is -0.483. The second-order valence-electron chi connectivity index (χ2n) is 9.78. The van der Waals surface area contributed by atoms with E-state index in [1.807, 2.05) is 42.5 Å². The zero-order valence-corrected chi connectivity index (χ0v) is 20.5. The second kappa shape index (κ2) is 10.9. The number of ether oxygens (including phenoxy) is 1. The summed E-state index contributed by atoms with van der Waals surface area (Å²) in [6, 6.07) is 14.7. The number of fused-ring (bicyclic) bond motifs is 2. The van der Waals surface area contributed by atoms with Crippen molar-refractivity contribution in [3.8, 4) is 5.75 Å². The molecule has 186 valence electrons. The van der Waals surface area contributed by atoms with Crippen LogP contribution in [-0.2, 0) is 16.0 Å². The molecule has 5 rings (SSSR count). The number of aromatic hydroxyl groups is 1. The van der Waals surface area contributed by atoms with Crippen LogP contribution in [0.1, 0.15) is 78.5 Å². The Balaban J connectivity index is 1.37. The van der Waals surface area contributed by atoms with Gasteiger partial charge >= 0.3 is 5.97 Å². The number of hydrogen-bond acceptors (Lipinski definition) is 5. The van der Waals surface area contributed by atoms with Gasteiger partial charge in [-0.1, -0.05) is 62.4 Å². The molecule has 2 aliphatic carbocycles. The Morgan fingerprint density at radius 1 is 0.972 bits per heavy atom. The molecule has 2 N–H and O–H groups in total. The van der Waals surface area contributed by atoms with E-state index in [2.05, 4.69) is 5.32 Å². The largest absolute Gasteiger partial charge is 0.508 e. The Kier molecular flexibility index (Phi) is 7.31. The summed E-state index contributed by atoms with van der Waals surface area (Å²) < 4.78 is 5.56. The number of nitrogens with zero attached hydrogens (tertiary/aromatic N) is 1. The van der Waals surface area contributed by atoms with Crippen molar-refractivity contribution in [2.75, 3.05) is 6.61 Å². The second-order valence-corrected chi connectivity index (χ2v) is 9.78. The van der Waals surface area contributed by atoms with E-state index in [1.54, 1.807) is 12.1 Å². The quantitative estimate of drug-likeness (QED) is 0.446. The van der Waals surface area contributed by atoms with E-state index >= 15 is 0 Å². The first-order chi connectivity index (χ1) is 17.6. The normalized spacial score (nSPS) is 17.4. The zero-order valence-electron chi connectivity index (χ0n) is 20.5. The van der Waals surface area contributed by atoms with Gasteiger partial charge < -0.3 is 15.2 Å². The standard InChI is InChI=1S/C30H32N2O4/c33-23-15-12-20(13-16-23)18-21-14-17-25-28(24-10-6-7-11-26(24)32-29(21)25)30(35)36-19-27(34)31-22-8-4-2-1-3-5-9-22/h6-7,10-13,15-16,18,22,33H,1-5,8-9,14,17,19H2,(H,31,34). The summed E-state index contributed by atoms with van der Waals surface area (Å²) in [5.41, 5.74) is 4.89. The fourth-order valence-corrected chi connectivity index (χ4v) is 5.36. The summed E-state index contributed by atoms with van der Waals surface area (Å²) in [6.07, 6.45) is 11.4. The Bertz CT molecular complexity index is 1290. The van der Waals surface area contributed by atoms with E-state index in [0.29, 0.717) is 12.0 Å². The van der Waals surface area contributed by atoms with Crippen LogP contribution in [0.25, 0.3) is 22.6 Å². The number of phenols is 1. The van der Waals surface area contributed by atoms with Crippen molar-refractivity contribution in [3.63, 3.8) is 0 Å². The third kappa shape index (κ3) is 5.43. The van der Waals surface area contributed by atoms with Gasteiger partial charge in [0.05, 0.1) is 16.8 Å².